The second kappa shape index (κ2) is 5.50. The Hall–Kier alpha value is -2.08. The van der Waals surface area contributed by atoms with Gasteiger partial charge < -0.3 is 9.80 Å². The lowest BCUT2D eigenvalue weighted by Crippen LogP contribution is -2.47. The van der Waals surface area contributed by atoms with E-state index in [-0.39, 0.29) is 0 Å². The maximum absolute atomic E-state index is 11.2. The van der Waals surface area contributed by atoms with E-state index in [0.29, 0.717) is 5.82 Å². The van der Waals surface area contributed by atoms with Crippen LogP contribution in [-0.2, 0) is 0 Å². The Bertz CT molecular complexity index is 651. The number of aromatic amines is 1. The van der Waals surface area contributed by atoms with Crippen LogP contribution >= 0.6 is 11.6 Å². The van der Waals surface area contributed by atoms with Crippen molar-refractivity contribution >= 4 is 23.1 Å². The van der Waals surface area contributed by atoms with Crippen LogP contribution in [0.2, 0.25) is 5.02 Å². The van der Waals surface area contributed by atoms with Crippen molar-refractivity contribution in [1.29, 1.82) is 0 Å². The summed E-state index contributed by atoms with van der Waals surface area (Å²) in [6.45, 7) is 3.30. The third kappa shape index (κ3) is 2.75. The van der Waals surface area contributed by atoms with Crippen LogP contribution in [0.15, 0.2) is 35.3 Å². The van der Waals surface area contributed by atoms with E-state index in [1.165, 1.54) is 0 Å². The highest BCUT2D eigenvalue weighted by Crippen LogP contribution is 2.21. The lowest BCUT2D eigenvalue weighted by atomic mass is 10.2. The van der Waals surface area contributed by atoms with Gasteiger partial charge in [0.1, 0.15) is 0 Å². The van der Waals surface area contributed by atoms with E-state index in [9.17, 15) is 4.79 Å². The fourth-order valence-corrected chi connectivity index (χ4v) is 2.51. The Labute approximate surface area is 121 Å². The molecule has 20 heavy (non-hydrogen) atoms. The summed E-state index contributed by atoms with van der Waals surface area (Å²) in [7, 11) is 0. The molecule has 0 spiro atoms. The summed E-state index contributed by atoms with van der Waals surface area (Å²) < 4.78 is 0. The topological polar surface area (TPSA) is 65.1 Å². The fraction of sp³-hybridized carbons (Fsp3) is 0.308. The van der Waals surface area contributed by atoms with Crippen molar-refractivity contribution in [1.82, 2.24) is 15.2 Å². The van der Waals surface area contributed by atoms with Crippen LogP contribution in [0.25, 0.3) is 0 Å². The molecular weight excluding hydrogens is 278 g/mol. The molecule has 2 heterocycles. The summed E-state index contributed by atoms with van der Waals surface area (Å²) in [5, 5.41) is 6.80. The van der Waals surface area contributed by atoms with E-state index in [2.05, 4.69) is 31.0 Å². The molecule has 0 radical (unpaired) electrons. The number of piperazine rings is 1. The molecule has 0 aliphatic carbocycles. The zero-order valence-electron chi connectivity index (χ0n) is 10.8. The number of H-pyrrole nitrogens is 1. The zero-order chi connectivity index (χ0) is 13.9. The van der Waals surface area contributed by atoms with Gasteiger partial charge in [-0.1, -0.05) is 17.7 Å². The van der Waals surface area contributed by atoms with Crippen molar-refractivity contribution in [3.63, 3.8) is 0 Å². The Morgan fingerprint density at radius 3 is 2.60 bits per heavy atom. The largest absolute Gasteiger partial charge is 0.368 e. The highest BCUT2D eigenvalue weighted by atomic mass is 35.5. The highest BCUT2D eigenvalue weighted by Gasteiger charge is 2.18. The Kier molecular flexibility index (Phi) is 3.56. The van der Waals surface area contributed by atoms with Gasteiger partial charge in [0.15, 0.2) is 5.82 Å². The first kappa shape index (κ1) is 12.9. The molecule has 104 valence electrons. The van der Waals surface area contributed by atoms with E-state index < -0.39 is 5.69 Å². The normalized spacial score (nSPS) is 15.4. The third-order valence-corrected chi connectivity index (χ3v) is 3.57. The molecule has 0 atom stereocenters. The Balaban J connectivity index is 1.69. The van der Waals surface area contributed by atoms with Gasteiger partial charge in [-0.2, -0.15) is 10.1 Å². The second-order valence-electron chi connectivity index (χ2n) is 4.60. The lowest BCUT2D eigenvalue weighted by molar-refractivity contribution is 0.642. The van der Waals surface area contributed by atoms with Crippen LogP contribution in [0.4, 0.5) is 11.5 Å². The highest BCUT2D eigenvalue weighted by molar-refractivity contribution is 6.30. The van der Waals surface area contributed by atoms with Crippen LogP contribution in [0.3, 0.4) is 0 Å². The number of hydrogen-bond acceptors (Lipinski definition) is 5. The molecule has 6 nitrogen and oxygen atoms in total. The van der Waals surface area contributed by atoms with Crippen LogP contribution in [0.1, 0.15) is 0 Å². The molecule has 1 fully saturated rings. The molecule has 1 N–H and O–H groups in total. The maximum atomic E-state index is 11.2. The minimum absolute atomic E-state index is 0.417. The molecule has 0 amide bonds. The average molecular weight is 292 g/mol. The van der Waals surface area contributed by atoms with Gasteiger partial charge >= 0.3 is 5.69 Å². The maximum Gasteiger partial charge on any atom is 0.363 e. The van der Waals surface area contributed by atoms with Crippen LogP contribution in [-0.4, -0.2) is 41.4 Å². The van der Waals surface area contributed by atoms with Crippen molar-refractivity contribution in [2.24, 2.45) is 0 Å². The molecule has 1 aliphatic heterocycles. The van der Waals surface area contributed by atoms with Gasteiger partial charge in [-0.3, -0.25) is 0 Å². The van der Waals surface area contributed by atoms with Gasteiger partial charge in [0.25, 0.3) is 0 Å². The van der Waals surface area contributed by atoms with Gasteiger partial charge in [-0.15, -0.1) is 0 Å². The first-order valence-electron chi connectivity index (χ1n) is 6.39. The monoisotopic (exact) mass is 291 g/mol. The molecular formula is C13H14ClN5O. The number of hydrogen-bond donors (Lipinski definition) is 1. The van der Waals surface area contributed by atoms with E-state index in [1.807, 2.05) is 18.2 Å². The van der Waals surface area contributed by atoms with Crippen LogP contribution < -0.4 is 15.5 Å². The number of anilines is 2. The molecule has 3 rings (SSSR count). The standard InChI is InChI=1S/C13H14ClN5O/c14-10-2-1-3-11(8-10)18-4-6-19(7-5-18)12-9-15-17-13(20)16-12/h1-3,8-9H,4-7H2,(H,16,17,20). The van der Waals surface area contributed by atoms with Gasteiger partial charge in [-0.05, 0) is 18.2 Å². The number of benzene rings is 1. The smallest absolute Gasteiger partial charge is 0.363 e. The van der Waals surface area contributed by atoms with Gasteiger partial charge in [-0.25, -0.2) is 9.89 Å². The second-order valence-corrected chi connectivity index (χ2v) is 5.04. The van der Waals surface area contributed by atoms with E-state index in [1.54, 1.807) is 6.20 Å². The van der Waals surface area contributed by atoms with E-state index >= 15 is 0 Å². The molecule has 0 bridgehead atoms. The van der Waals surface area contributed by atoms with Gasteiger partial charge in [0.05, 0.1) is 6.20 Å². The van der Waals surface area contributed by atoms with Gasteiger partial charge in [0, 0.05) is 36.9 Å². The predicted octanol–water partition coefficient (Wildman–Crippen LogP) is 1.14. The van der Waals surface area contributed by atoms with Crippen molar-refractivity contribution in [2.75, 3.05) is 36.0 Å². The zero-order valence-corrected chi connectivity index (χ0v) is 11.5. The number of nitrogens with one attached hydrogen (secondary N) is 1. The average Bonchev–Trinajstić information content (AvgIpc) is 2.47. The summed E-state index contributed by atoms with van der Waals surface area (Å²) in [4.78, 5) is 19.4. The summed E-state index contributed by atoms with van der Waals surface area (Å²) in [6.07, 6.45) is 1.58. The molecule has 7 heteroatoms. The number of halogens is 1. The molecule has 1 aromatic heterocycles. The first-order valence-corrected chi connectivity index (χ1v) is 6.77. The number of rotatable bonds is 2. The predicted molar refractivity (Wildman–Crippen MR) is 78.5 cm³/mol. The van der Waals surface area contributed by atoms with Crippen molar-refractivity contribution in [3.05, 3.63) is 46.0 Å². The molecule has 1 saturated heterocycles. The third-order valence-electron chi connectivity index (χ3n) is 3.33. The minimum Gasteiger partial charge on any atom is -0.368 e. The lowest BCUT2D eigenvalue weighted by Gasteiger charge is -2.36. The molecule has 0 unspecified atom stereocenters. The van der Waals surface area contributed by atoms with Crippen molar-refractivity contribution < 1.29 is 0 Å². The van der Waals surface area contributed by atoms with Crippen molar-refractivity contribution in [2.45, 2.75) is 0 Å². The first-order chi connectivity index (χ1) is 9.72. The quantitative estimate of drug-likeness (QED) is 0.899. The number of aromatic nitrogens is 3. The van der Waals surface area contributed by atoms with Crippen LogP contribution in [0.5, 0.6) is 0 Å². The molecule has 1 aromatic carbocycles. The van der Waals surface area contributed by atoms with E-state index in [0.717, 1.165) is 36.9 Å². The fourth-order valence-electron chi connectivity index (χ4n) is 2.32. The molecule has 2 aromatic rings. The Morgan fingerprint density at radius 1 is 1.15 bits per heavy atom. The SMILES string of the molecule is O=c1nc(N2CCN(c3cccc(Cl)c3)CC2)cn[nH]1. The Morgan fingerprint density at radius 2 is 1.90 bits per heavy atom. The van der Waals surface area contributed by atoms with Crippen LogP contribution in [0, 0.1) is 0 Å². The number of nitrogens with zero attached hydrogens (tertiary/aromatic N) is 4. The van der Waals surface area contributed by atoms with Crippen molar-refractivity contribution in [3.8, 4) is 0 Å². The minimum atomic E-state index is -0.417. The molecule has 0 saturated carbocycles. The summed E-state index contributed by atoms with van der Waals surface area (Å²) >= 11 is 6.01. The van der Waals surface area contributed by atoms with E-state index in [4.69, 9.17) is 11.6 Å². The summed E-state index contributed by atoms with van der Waals surface area (Å²) in [5.74, 6) is 0.625. The van der Waals surface area contributed by atoms with Gasteiger partial charge in [0.2, 0.25) is 0 Å². The summed E-state index contributed by atoms with van der Waals surface area (Å²) in [6, 6.07) is 7.83. The summed E-state index contributed by atoms with van der Waals surface area (Å²) in [5.41, 5.74) is 0.703. The molecule has 1 aliphatic rings.